The first kappa shape index (κ1) is 20.0. The Morgan fingerprint density at radius 2 is 1.86 bits per heavy atom. The third-order valence-electron chi connectivity index (χ3n) is 6.82. The molecular formula is C25H31NO3. The van der Waals surface area contributed by atoms with Gasteiger partial charge in [0.25, 0.3) is 0 Å². The van der Waals surface area contributed by atoms with E-state index in [-0.39, 0.29) is 17.9 Å². The number of hydrogen-bond acceptors (Lipinski definition) is 3. The molecule has 2 aromatic carbocycles. The van der Waals surface area contributed by atoms with Gasteiger partial charge in [-0.05, 0) is 37.3 Å². The number of aryl methyl sites for hydroxylation is 1. The minimum absolute atomic E-state index is 0.0574. The Hall–Kier alpha value is -2.33. The van der Waals surface area contributed by atoms with Crippen molar-refractivity contribution < 1.29 is 14.6 Å². The number of carbonyl (C=O) groups excluding carboxylic acids is 1. The van der Waals surface area contributed by atoms with Crippen molar-refractivity contribution in [3.8, 4) is 5.75 Å². The molecule has 3 atom stereocenters. The Kier molecular flexibility index (Phi) is 5.91. The van der Waals surface area contributed by atoms with E-state index in [4.69, 9.17) is 4.74 Å². The molecule has 2 fully saturated rings. The van der Waals surface area contributed by atoms with E-state index in [1.54, 1.807) is 7.11 Å². The molecule has 0 spiro atoms. The van der Waals surface area contributed by atoms with Gasteiger partial charge in [0.15, 0.2) is 0 Å². The van der Waals surface area contributed by atoms with E-state index >= 15 is 0 Å². The zero-order valence-corrected chi connectivity index (χ0v) is 17.2. The third kappa shape index (κ3) is 4.04. The van der Waals surface area contributed by atoms with Crippen LogP contribution in [0.5, 0.6) is 5.75 Å². The van der Waals surface area contributed by atoms with Crippen LogP contribution >= 0.6 is 0 Å². The topological polar surface area (TPSA) is 49.8 Å². The first-order valence-electron chi connectivity index (χ1n) is 10.8. The van der Waals surface area contributed by atoms with Crippen molar-refractivity contribution in [2.24, 2.45) is 5.92 Å². The fourth-order valence-corrected chi connectivity index (χ4v) is 5.30. The molecule has 4 heteroatoms. The van der Waals surface area contributed by atoms with Crippen molar-refractivity contribution in [3.63, 3.8) is 0 Å². The third-order valence-corrected chi connectivity index (χ3v) is 6.82. The Morgan fingerprint density at radius 3 is 2.66 bits per heavy atom. The van der Waals surface area contributed by atoms with Crippen molar-refractivity contribution in [3.05, 3.63) is 65.7 Å². The first-order chi connectivity index (χ1) is 14.1. The molecule has 1 aliphatic heterocycles. The van der Waals surface area contributed by atoms with E-state index < -0.39 is 5.60 Å². The zero-order valence-electron chi connectivity index (χ0n) is 17.2. The molecule has 1 saturated heterocycles. The second-order valence-corrected chi connectivity index (χ2v) is 8.47. The van der Waals surface area contributed by atoms with Gasteiger partial charge in [0.1, 0.15) is 5.75 Å². The summed E-state index contributed by atoms with van der Waals surface area (Å²) in [6.07, 6.45) is 5.83. The van der Waals surface area contributed by atoms with Gasteiger partial charge in [0.05, 0.1) is 18.8 Å². The van der Waals surface area contributed by atoms with E-state index in [0.717, 1.165) is 43.4 Å². The summed E-state index contributed by atoms with van der Waals surface area (Å²) in [6, 6.07) is 18.0. The van der Waals surface area contributed by atoms with E-state index in [9.17, 15) is 9.90 Å². The van der Waals surface area contributed by atoms with Crippen LogP contribution in [0.2, 0.25) is 0 Å². The molecule has 1 saturated carbocycles. The number of likely N-dealkylation sites (tertiary alicyclic amines) is 1. The Morgan fingerprint density at radius 1 is 1.10 bits per heavy atom. The molecule has 1 amide bonds. The van der Waals surface area contributed by atoms with Gasteiger partial charge in [-0.1, -0.05) is 61.4 Å². The summed E-state index contributed by atoms with van der Waals surface area (Å²) in [4.78, 5) is 15.4. The van der Waals surface area contributed by atoms with Crippen molar-refractivity contribution >= 4 is 5.91 Å². The minimum atomic E-state index is -0.681. The summed E-state index contributed by atoms with van der Waals surface area (Å²) in [5, 5.41) is 11.4. The van der Waals surface area contributed by atoms with Crippen LogP contribution in [0.3, 0.4) is 0 Å². The number of carbonyl (C=O) groups is 1. The van der Waals surface area contributed by atoms with Crippen LogP contribution in [0.15, 0.2) is 54.6 Å². The average molecular weight is 394 g/mol. The Labute approximate surface area is 173 Å². The molecule has 2 aliphatic rings. The summed E-state index contributed by atoms with van der Waals surface area (Å²) in [5.74, 6) is 1.02. The number of nitrogens with zero attached hydrogens (tertiary/aromatic N) is 1. The molecular weight excluding hydrogens is 362 g/mol. The normalized spacial score (nSPS) is 26.6. The van der Waals surface area contributed by atoms with E-state index in [2.05, 4.69) is 18.2 Å². The lowest BCUT2D eigenvalue weighted by molar-refractivity contribution is -0.155. The maximum absolute atomic E-state index is 13.3. The zero-order chi connectivity index (χ0) is 20.3. The number of hydrogen-bond donors (Lipinski definition) is 1. The molecule has 4 nitrogen and oxygen atoms in total. The molecule has 1 heterocycles. The van der Waals surface area contributed by atoms with Crippen molar-refractivity contribution in [2.45, 2.75) is 56.6 Å². The maximum atomic E-state index is 13.3. The number of benzene rings is 2. The van der Waals surface area contributed by atoms with Crippen LogP contribution in [0.1, 0.15) is 55.7 Å². The number of rotatable bonds is 5. The summed E-state index contributed by atoms with van der Waals surface area (Å²) in [6.45, 7) is 0.601. The van der Waals surface area contributed by atoms with Gasteiger partial charge in [-0.25, -0.2) is 0 Å². The molecule has 4 rings (SSSR count). The number of methoxy groups -OCH3 is 1. The lowest BCUT2D eigenvalue weighted by atomic mass is 9.66. The average Bonchev–Trinajstić information content (AvgIpc) is 2.77. The van der Waals surface area contributed by atoms with Gasteiger partial charge in [0.2, 0.25) is 5.91 Å². The van der Waals surface area contributed by atoms with Gasteiger partial charge in [-0.3, -0.25) is 4.79 Å². The first-order valence-corrected chi connectivity index (χ1v) is 10.8. The van der Waals surface area contributed by atoms with Crippen LogP contribution in [-0.4, -0.2) is 35.2 Å². The van der Waals surface area contributed by atoms with Crippen molar-refractivity contribution in [1.82, 2.24) is 4.90 Å². The maximum Gasteiger partial charge on any atom is 0.223 e. The van der Waals surface area contributed by atoms with Crippen LogP contribution < -0.4 is 4.74 Å². The Balaban J connectivity index is 1.63. The standard InChI is InChI=1S/C25H31NO3/c1-29-22-13-6-5-11-20(22)24-21-12-7-8-16-25(21,28)17-18-26(24)23(27)15-14-19-9-3-2-4-10-19/h2-6,9-11,13,21,24,28H,7-8,12,14-18H2,1H3/t21?,24-,25?/m0/s1. The molecule has 2 aromatic rings. The monoisotopic (exact) mass is 393 g/mol. The number of piperidine rings is 1. The van der Waals surface area contributed by atoms with Gasteiger partial charge in [-0.15, -0.1) is 0 Å². The van der Waals surface area contributed by atoms with Gasteiger partial charge < -0.3 is 14.7 Å². The quantitative estimate of drug-likeness (QED) is 0.812. The molecule has 2 unspecified atom stereocenters. The second kappa shape index (κ2) is 8.58. The number of para-hydroxylation sites is 1. The molecule has 0 bridgehead atoms. The fraction of sp³-hybridized carbons (Fsp3) is 0.480. The summed E-state index contributed by atoms with van der Waals surface area (Å²) < 4.78 is 5.65. The SMILES string of the molecule is COc1ccccc1[C@H]1C2CCCCC2(O)CCN1C(=O)CCc1ccccc1. The largest absolute Gasteiger partial charge is 0.496 e. The molecule has 0 radical (unpaired) electrons. The summed E-state index contributed by atoms with van der Waals surface area (Å²) >= 11 is 0. The van der Waals surface area contributed by atoms with E-state index in [1.165, 1.54) is 5.56 Å². The minimum Gasteiger partial charge on any atom is -0.496 e. The predicted molar refractivity (Wildman–Crippen MR) is 114 cm³/mol. The number of ether oxygens (including phenoxy) is 1. The molecule has 29 heavy (non-hydrogen) atoms. The highest BCUT2D eigenvalue weighted by molar-refractivity contribution is 5.77. The lowest BCUT2D eigenvalue weighted by Crippen LogP contribution is -2.56. The van der Waals surface area contributed by atoms with Crippen LogP contribution in [0.25, 0.3) is 0 Å². The number of fused-ring (bicyclic) bond motifs is 1. The molecule has 0 aromatic heterocycles. The van der Waals surface area contributed by atoms with E-state index in [0.29, 0.717) is 19.4 Å². The smallest absolute Gasteiger partial charge is 0.223 e. The van der Waals surface area contributed by atoms with Crippen LogP contribution in [0.4, 0.5) is 0 Å². The second-order valence-electron chi connectivity index (χ2n) is 8.47. The van der Waals surface area contributed by atoms with Crippen LogP contribution in [0, 0.1) is 5.92 Å². The van der Waals surface area contributed by atoms with Crippen molar-refractivity contribution in [2.75, 3.05) is 13.7 Å². The van der Waals surface area contributed by atoms with Gasteiger partial charge in [0, 0.05) is 24.4 Å². The van der Waals surface area contributed by atoms with E-state index in [1.807, 2.05) is 41.3 Å². The Bertz CT molecular complexity index is 837. The van der Waals surface area contributed by atoms with Gasteiger partial charge >= 0.3 is 0 Å². The predicted octanol–water partition coefficient (Wildman–Crippen LogP) is 4.52. The number of amides is 1. The highest BCUT2D eigenvalue weighted by atomic mass is 16.5. The fourth-order valence-electron chi connectivity index (χ4n) is 5.30. The van der Waals surface area contributed by atoms with Gasteiger partial charge in [-0.2, -0.15) is 0 Å². The lowest BCUT2D eigenvalue weighted by Gasteiger charge is -2.52. The number of aliphatic hydroxyl groups is 1. The highest BCUT2D eigenvalue weighted by Crippen LogP contribution is 2.50. The molecule has 154 valence electrons. The molecule has 1 aliphatic carbocycles. The summed E-state index contributed by atoms with van der Waals surface area (Å²) in [5.41, 5.74) is 1.52. The summed E-state index contributed by atoms with van der Waals surface area (Å²) in [7, 11) is 1.68. The molecule has 1 N–H and O–H groups in total. The highest BCUT2D eigenvalue weighted by Gasteiger charge is 2.50. The van der Waals surface area contributed by atoms with Crippen LogP contribution in [-0.2, 0) is 11.2 Å². The van der Waals surface area contributed by atoms with Crippen molar-refractivity contribution in [1.29, 1.82) is 0 Å².